The van der Waals surface area contributed by atoms with Crippen molar-refractivity contribution in [3.63, 3.8) is 0 Å². The van der Waals surface area contributed by atoms with Crippen LogP contribution in [0.3, 0.4) is 0 Å². The smallest absolute Gasteiger partial charge is 0.142 e. The van der Waals surface area contributed by atoms with Gasteiger partial charge in [-0.05, 0) is 50.1 Å². The molecule has 0 saturated heterocycles. The molecule has 124 valence electrons. The van der Waals surface area contributed by atoms with Crippen LogP contribution in [0.2, 0.25) is 0 Å². The van der Waals surface area contributed by atoms with Gasteiger partial charge in [-0.2, -0.15) is 0 Å². The van der Waals surface area contributed by atoms with E-state index in [9.17, 15) is 0 Å². The highest BCUT2D eigenvalue weighted by atomic mass is 16.5. The van der Waals surface area contributed by atoms with Crippen molar-refractivity contribution in [1.29, 1.82) is 0 Å². The van der Waals surface area contributed by atoms with Crippen LogP contribution in [0.15, 0.2) is 48.5 Å². The summed E-state index contributed by atoms with van der Waals surface area (Å²) in [5, 5.41) is 3.45. The fourth-order valence-corrected chi connectivity index (χ4v) is 2.25. The number of hydrogen-bond donors (Lipinski definition) is 1. The third kappa shape index (κ3) is 5.85. The SMILES string of the molecule is CCCCOc1cccc(CNc2ccccc2OC(C)C)c1. The normalized spacial score (nSPS) is 10.6. The molecule has 0 aliphatic carbocycles. The fraction of sp³-hybridized carbons (Fsp3) is 0.400. The van der Waals surface area contributed by atoms with Crippen molar-refractivity contribution < 1.29 is 9.47 Å². The summed E-state index contributed by atoms with van der Waals surface area (Å²) in [6.45, 7) is 7.75. The van der Waals surface area contributed by atoms with Gasteiger partial charge in [0.15, 0.2) is 0 Å². The first-order valence-corrected chi connectivity index (χ1v) is 8.40. The van der Waals surface area contributed by atoms with Crippen LogP contribution in [0.1, 0.15) is 39.2 Å². The summed E-state index contributed by atoms with van der Waals surface area (Å²) in [5.41, 5.74) is 2.21. The molecule has 0 spiro atoms. The number of para-hydroxylation sites is 2. The second kappa shape index (κ2) is 9.09. The molecule has 0 bridgehead atoms. The highest BCUT2D eigenvalue weighted by Crippen LogP contribution is 2.25. The summed E-state index contributed by atoms with van der Waals surface area (Å²) < 4.78 is 11.6. The van der Waals surface area contributed by atoms with Gasteiger partial charge in [0.25, 0.3) is 0 Å². The number of nitrogens with one attached hydrogen (secondary N) is 1. The largest absolute Gasteiger partial charge is 0.494 e. The first kappa shape index (κ1) is 17.2. The molecule has 0 amide bonds. The van der Waals surface area contributed by atoms with Crippen LogP contribution in [0.4, 0.5) is 5.69 Å². The molecule has 3 heteroatoms. The van der Waals surface area contributed by atoms with Crippen molar-refractivity contribution in [1.82, 2.24) is 0 Å². The van der Waals surface area contributed by atoms with Gasteiger partial charge in [-0.15, -0.1) is 0 Å². The molecule has 2 aromatic carbocycles. The van der Waals surface area contributed by atoms with Crippen LogP contribution in [-0.4, -0.2) is 12.7 Å². The van der Waals surface area contributed by atoms with Crippen molar-refractivity contribution in [2.45, 2.75) is 46.3 Å². The molecule has 0 radical (unpaired) electrons. The van der Waals surface area contributed by atoms with E-state index < -0.39 is 0 Å². The maximum atomic E-state index is 5.84. The quantitative estimate of drug-likeness (QED) is 0.640. The Morgan fingerprint density at radius 1 is 1.04 bits per heavy atom. The van der Waals surface area contributed by atoms with Crippen molar-refractivity contribution in [2.75, 3.05) is 11.9 Å². The minimum Gasteiger partial charge on any atom is -0.494 e. The number of unbranched alkanes of at least 4 members (excludes halogenated alkanes) is 1. The average Bonchev–Trinajstić information content (AvgIpc) is 2.54. The Bertz CT molecular complexity index is 596. The highest BCUT2D eigenvalue weighted by Gasteiger charge is 2.05. The molecule has 0 saturated carbocycles. The lowest BCUT2D eigenvalue weighted by Crippen LogP contribution is -2.08. The van der Waals surface area contributed by atoms with Gasteiger partial charge in [0.05, 0.1) is 18.4 Å². The van der Waals surface area contributed by atoms with Gasteiger partial charge in [-0.25, -0.2) is 0 Å². The first-order chi connectivity index (χ1) is 11.2. The third-order valence-corrected chi connectivity index (χ3v) is 3.40. The molecule has 1 N–H and O–H groups in total. The van der Waals surface area contributed by atoms with Crippen LogP contribution in [0.25, 0.3) is 0 Å². The third-order valence-electron chi connectivity index (χ3n) is 3.40. The number of rotatable bonds is 9. The van der Waals surface area contributed by atoms with Crippen molar-refractivity contribution in [3.8, 4) is 11.5 Å². The first-order valence-electron chi connectivity index (χ1n) is 8.40. The molecule has 0 heterocycles. The molecule has 3 nitrogen and oxygen atoms in total. The van der Waals surface area contributed by atoms with Crippen LogP contribution >= 0.6 is 0 Å². The predicted molar refractivity (Wildman–Crippen MR) is 96.4 cm³/mol. The molecule has 0 fully saturated rings. The molecule has 2 rings (SSSR count). The summed E-state index contributed by atoms with van der Waals surface area (Å²) in [6.07, 6.45) is 2.39. The van der Waals surface area contributed by atoms with Gasteiger partial charge in [0.1, 0.15) is 11.5 Å². The highest BCUT2D eigenvalue weighted by molar-refractivity contribution is 5.56. The Hall–Kier alpha value is -2.16. The maximum Gasteiger partial charge on any atom is 0.142 e. The van der Waals surface area contributed by atoms with Gasteiger partial charge < -0.3 is 14.8 Å². The van der Waals surface area contributed by atoms with E-state index in [1.165, 1.54) is 5.56 Å². The monoisotopic (exact) mass is 313 g/mol. The van der Waals surface area contributed by atoms with Crippen LogP contribution < -0.4 is 14.8 Å². The summed E-state index contributed by atoms with van der Waals surface area (Å²) in [4.78, 5) is 0. The number of ether oxygens (including phenoxy) is 2. The fourth-order valence-electron chi connectivity index (χ4n) is 2.25. The molecule has 0 atom stereocenters. The molecule has 0 aromatic heterocycles. The Labute approximate surface area is 139 Å². The molecule has 0 aliphatic heterocycles. The minimum atomic E-state index is 0.160. The van der Waals surface area contributed by atoms with Crippen LogP contribution in [0.5, 0.6) is 11.5 Å². The Kier molecular flexibility index (Phi) is 6.79. The van der Waals surface area contributed by atoms with Gasteiger partial charge in [0.2, 0.25) is 0 Å². The summed E-state index contributed by atoms with van der Waals surface area (Å²) in [7, 11) is 0. The van der Waals surface area contributed by atoms with Crippen molar-refractivity contribution in [3.05, 3.63) is 54.1 Å². The van der Waals surface area contributed by atoms with Crippen molar-refractivity contribution in [2.24, 2.45) is 0 Å². The molecule has 23 heavy (non-hydrogen) atoms. The lowest BCUT2D eigenvalue weighted by atomic mass is 10.2. The van der Waals surface area contributed by atoms with E-state index in [4.69, 9.17) is 9.47 Å². The van der Waals surface area contributed by atoms with E-state index in [0.29, 0.717) is 0 Å². The number of hydrogen-bond acceptors (Lipinski definition) is 3. The molecule has 0 aliphatic rings. The zero-order valence-corrected chi connectivity index (χ0v) is 14.3. The maximum absolute atomic E-state index is 5.84. The Morgan fingerprint density at radius 3 is 2.65 bits per heavy atom. The molecule has 0 unspecified atom stereocenters. The van der Waals surface area contributed by atoms with E-state index in [0.717, 1.165) is 43.2 Å². The van der Waals surface area contributed by atoms with Crippen LogP contribution in [-0.2, 0) is 6.54 Å². The van der Waals surface area contributed by atoms with E-state index in [2.05, 4.69) is 24.4 Å². The average molecular weight is 313 g/mol. The zero-order valence-electron chi connectivity index (χ0n) is 14.3. The Balaban J connectivity index is 1.97. The predicted octanol–water partition coefficient (Wildman–Crippen LogP) is 5.26. The van der Waals surface area contributed by atoms with Gasteiger partial charge in [-0.3, -0.25) is 0 Å². The van der Waals surface area contributed by atoms with E-state index in [1.807, 2.05) is 50.2 Å². The second-order valence-electron chi connectivity index (χ2n) is 5.87. The molecule has 2 aromatic rings. The van der Waals surface area contributed by atoms with Gasteiger partial charge >= 0.3 is 0 Å². The molecular formula is C20H27NO2. The van der Waals surface area contributed by atoms with Gasteiger partial charge in [-0.1, -0.05) is 37.6 Å². The van der Waals surface area contributed by atoms with E-state index in [1.54, 1.807) is 0 Å². The summed E-state index contributed by atoms with van der Waals surface area (Å²) in [5.74, 6) is 1.82. The standard InChI is InChI=1S/C20H27NO2/c1-4-5-13-22-18-10-8-9-17(14-18)15-21-19-11-6-7-12-20(19)23-16(2)3/h6-12,14,16,21H,4-5,13,15H2,1-3H3. The lowest BCUT2D eigenvalue weighted by molar-refractivity contribution is 0.243. The van der Waals surface area contributed by atoms with E-state index in [-0.39, 0.29) is 6.10 Å². The zero-order chi connectivity index (χ0) is 16.5. The second-order valence-corrected chi connectivity index (χ2v) is 5.87. The number of anilines is 1. The lowest BCUT2D eigenvalue weighted by Gasteiger charge is -2.15. The van der Waals surface area contributed by atoms with Crippen LogP contribution in [0, 0.1) is 0 Å². The van der Waals surface area contributed by atoms with Gasteiger partial charge in [0, 0.05) is 6.54 Å². The summed E-state index contributed by atoms with van der Waals surface area (Å²) in [6, 6.07) is 16.3. The Morgan fingerprint density at radius 2 is 1.87 bits per heavy atom. The van der Waals surface area contributed by atoms with Crippen molar-refractivity contribution >= 4 is 5.69 Å². The minimum absolute atomic E-state index is 0.160. The topological polar surface area (TPSA) is 30.5 Å². The number of benzene rings is 2. The molecular weight excluding hydrogens is 286 g/mol. The summed E-state index contributed by atoms with van der Waals surface area (Å²) >= 11 is 0. The van der Waals surface area contributed by atoms with E-state index >= 15 is 0 Å².